The van der Waals surface area contributed by atoms with E-state index in [2.05, 4.69) is 40.1 Å². The number of carbonyl (C=O) groups is 1. The average molecular weight is 483 g/mol. The standard InChI is InChI=1S/C26H34N4O3S/c1-17(2)14-30-25(20-8-10-21(32-5)11-9-20)27-28-26(30)34-16-24(31)23-13-18(3)29(19(23)4)15-22-7-6-12-33-22/h8-11,13,17,22H,6-7,12,14-16H2,1-5H3. The Bertz CT molecular complexity index is 1130. The van der Waals surface area contributed by atoms with Crippen molar-refractivity contribution in [1.29, 1.82) is 0 Å². The third-order valence-corrected chi connectivity index (χ3v) is 7.20. The van der Waals surface area contributed by atoms with Crippen molar-refractivity contribution in [3.8, 4) is 17.1 Å². The van der Waals surface area contributed by atoms with Gasteiger partial charge in [-0.3, -0.25) is 4.79 Å². The second kappa shape index (κ2) is 10.8. The van der Waals surface area contributed by atoms with Gasteiger partial charge in [0.15, 0.2) is 16.8 Å². The summed E-state index contributed by atoms with van der Waals surface area (Å²) >= 11 is 1.45. The number of thioether (sulfide) groups is 1. The molecule has 7 nitrogen and oxygen atoms in total. The lowest BCUT2D eigenvalue weighted by Gasteiger charge is -2.15. The molecule has 0 radical (unpaired) electrons. The molecule has 0 saturated carbocycles. The minimum atomic E-state index is 0.113. The summed E-state index contributed by atoms with van der Waals surface area (Å²) in [5.74, 6) is 2.46. The molecule has 1 unspecified atom stereocenters. The van der Waals surface area contributed by atoms with E-state index in [0.717, 1.165) is 71.8 Å². The number of hydrogen-bond acceptors (Lipinski definition) is 6. The lowest BCUT2D eigenvalue weighted by atomic mass is 10.2. The number of nitrogens with zero attached hydrogens (tertiary/aromatic N) is 4. The van der Waals surface area contributed by atoms with Crippen molar-refractivity contribution < 1.29 is 14.3 Å². The Kier molecular flexibility index (Phi) is 7.78. The number of ketones is 1. The Morgan fingerprint density at radius 1 is 1.21 bits per heavy atom. The van der Waals surface area contributed by atoms with Gasteiger partial charge in [-0.25, -0.2) is 0 Å². The first-order valence-electron chi connectivity index (χ1n) is 11.9. The molecule has 0 N–H and O–H groups in total. The molecule has 1 atom stereocenters. The topological polar surface area (TPSA) is 71.2 Å². The summed E-state index contributed by atoms with van der Waals surface area (Å²) in [6.07, 6.45) is 2.44. The summed E-state index contributed by atoms with van der Waals surface area (Å²) in [5.41, 5.74) is 3.88. The maximum absolute atomic E-state index is 13.2. The maximum atomic E-state index is 13.2. The fourth-order valence-electron chi connectivity index (χ4n) is 4.44. The molecular formula is C26H34N4O3S. The van der Waals surface area contributed by atoms with Crippen LogP contribution in [0.3, 0.4) is 0 Å². The van der Waals surface area contributed by atoms with Gasteiger partial charge in [0.25, 0.3) is 0 Å². The highest BCUT2D eigenvalue weighted by Gasteiger charge is 2.22. The molecule has 0 aliphatic carbocycles. The number of aromatic nitrogens is 4. The third kappa shape index (κ3) is 5.39. The number of Topliss-reactive ketones (excluding diaryl/α,β-unsaturated/α-hetero) is 1. The first kappa shape index (κ1) is 24.5. The Labute approximate surface area is 205 Å². The largest absolute Gasteiger partial charge is 0.497 e. The van der Waals surface area contributed by atoms with E-state index in [1.165, 1.54) is 11.8 Å². The Morgan fingerprint density at radius 3 is 2.62 bits per heavy atom. The second-order valence-electron chi connectivity index (χ2n) is 9.28. The molecule has 0 bridgehead atoms. The van der Waals surface area contributed by atoms with E-state index in [1.54, 1.807) is 7.11 Å². The van der Waals surface area contributed by atoms with Gasteiger partial charge in [-0.15, -0.1) is 10.2 Å². The molecule has 182 valence electrons. The van der Waals surface area contributed by atoms with E-state index in [0.29, 0.717) is 11.7 Å². The van der Waals surface area contributed by atoms with E-state index in [1.807, 2.05) is 37.3 Å². The zero-order valence-electron chi connectivity index (χ0n) is 20.7. The molecule has 0 amide bonds. The van der Waals surface area contributed by atoms with Crippen LogP contribution >= 0.6 is 11.8 Å². The molecule has 34 heavy (non-hydrogen) atoms. The number of hydrogen-bond donors (Lipinski definition) is 0. The molecule has 1 aliphatic heterocycles. The molecular weight excluding hydrogens is 448 g/mol. The SMILES string of the molecule is COc1ccc(-c2nnc(SCC(=O)c3cc(C)n(CC4CCCO4)c3C)n2CC(C)C)cc1. The van der Waals surface area contributed by atoms with Crippen LogP contribution in [-0.4, -0.2) is 50.7 Å². The summed E-state index contributed by atoms with van der Waals surface area (Å²) < 4.78 is 15.4. The minimum Gasteiger partial charge on any atom is -0.497 e. The molecule has 1 saturated heterocycles. The number of methoxy groups -OCH3 is 1. The molecule has 0 spiro atoms. The van der Waals surface area contributed by atoms with Crippen molar-refractivity contribution in [3.05, 3.63) is 47.3 Å². The van der Waals surface area contributed by atoms with Crippen molar-refractivity contribution in [2.24, 2.45) is 5.92 Å². The van der Waals surface area contributed by atoms with Gasteiger partial charge in [0.2, 0.25) is 0 Å². The van der Waals surface area contributed by atoms with E-state index in [4.69, 9.17) is 9.47 Å². The molecule has 1 fully saturated rings. The van der Waals surface area contributed by atoms with Gasteiger partial charge < -0.3 is 18.6 Å². The van der Waals surface area contributed by atoms with Crippen molar-refractivity contribution in [2.75, 3.05) is 19.5 Å². The Hall–Kier alpha value is -2.58. The molecule has 1 aromatic carbocycles. The van der Waals surface area contributed by atoms with Crippen molar-refractivity contribution in [3.63, 3.8) is 0 Å². The van der Waals surface area contributed by atoms with Gasteiger partial charge >= 0.3 is 0 Å². The predicted octanol–water partition coefficient (Wildman–Crippen LogP) is 5.18. The second-order valence-corrected chi connectivity index (χ2v) is 10.2. The van der Waals surface area contributed by atoms with E-state index >= 15 is 0 Å². The predicted molar refractivity (Wildman–Crippen MR) is 135 cm³/mol. The first-order valence-corrected chi connectivity index (χ1v) is 12.9. The highest BCUT2D eigenvalue weighted by molar-refractivity contribution is 7.99. The Balaban J connectivity index is 1.50. The lowest BCUT2D eigenvalue weighted by Crippen LogP contribution is -2.17. The molecule has 3 aromatic rings. The monoisotopic (exact) mass is 482 g/mol. The van der Waals surface area contributed by atoms with Gasteiger partial charge in [-0.1, -0.05) is 25.6 Å². The number of carbonyl (C=O) groups excluding carboxylic acids is 1. The third-order valence-electron chi connectivity index (χ3n) is 6.23. The van der Waals surface area contributed by atoms with Crippen LogP contribution in [0.1, 0.15) is 48.4 Å². The zero-order chi connectivity index (χ0) is 24.2. The van der Waals surface area contributed by atoms with E-state index in [-0.39, 0.29) is 11.9 Å². The quantitative estimate of drug-likeness (QED) is 0.293. The van der Waals surface area contributed by atoms with Crippen LogP contribution in [0.15, 0.2) is 35.5 Å². The molecule has 8 heteroatoms. The number of ether oxygens (including phenoxy) is 2. The fraction of sp³-hybridized carbons (Fsp3) is 0.500. The normalized spacial score (nSPS) is 15.9. The highest BCUT2D eigenvalue weighted by Crippen LogP contribution is 2.28. The van der Waals surface area contributed by atoms with Crippen LogP contribution in [0.5, 0.6) is 5.75 Å². The van der Waals surface area contributed by atoms with Crippen LogP contribution in [0.2, 0.25) is 0 Å². The number of aryl methyl sites for hydroxylation is 1. The van der Waals surface area contributed by atoms with Gasteiger partial charge in [-0.05, 0) is 62.9 Å². The van der Waals surface area contributed by atoms with Crippen LogP contribution in [0.25, 0.3) is 11.4 Å². The summed E-state index contributed by atoms with van der Waals surface area (Å²) in [6.45, 7) is 10.9. The maximum Gasteiger partial charge on any atom is 0.191 e. The van der Waals surface area contributed by atoms with Crippen LogP contribution in [-0.2, 0) is 17.8 Å². The van der Waals surface area contributed by atoms with Gasteiger partial charge in [0.05, 0.1) is 19.0 Å². The zero-order valence-corrected chi connectivity index (χ0v) is 21.5. The first-order chi connectivity index (χ1) is 16.4. The van der Waals surface area contributed by atoms with Gasteiger partial charge in [0.1, 0.15) is 5.75 Å². The van der Waals surface area contributed by atoms with Crippen LogP contribution in [0, 0.1) is 19.8 Å². The summed E-state index contributed by atoms with van der Waals surface area (Å²) in [6, 6.07) is 9.83. The van der Waals surface area contributed by atoms with Gasteiger partial charge in [-0.2, -0.15) is 0 Å². The van der Waals surface area contributed by atoms with E-state index in [9.17, 15) is 4.79 Å². The summed E-state index contributed by atoms with van der Waals surface area (Å²) in [4.78, 5) is 13.2. The summed E-state index contributed by atoms with van der Waals surface area (Å²) in [5, 5.41) is 9.66. The van der Waals surface area contributed by atoms with Crippen molar-refractivity contribution in [2.45, 2.75) is 64.9 Å². The van der Waals surface area contributed by atoms with E-state index < -0.39 is 0 Å². The number of benzene rings is 1. The van der Waals surface area contributed by atoms with Crippen LogP contribution in [0.4, 0.5) is 0 Å². The van der Waals surface area contributed by atoms with Gasteiger partial charge in [0, 0.05) is 42.2 Å². The summed E-state index contributed by atoms with van der Waals surface area (Å²) in [7, 11) is 1.65. The average Bonchev–Trinajstić information content (AvgIpc) is 3.54. The van der Waals surface area contributed by atoms with Crippen molar-refractivity contribution >= 4 is 17.5 Å². The Morgan fingerprint density at radius 2 is 1.97 bits per heavy atom. The molecule has 4 rings (SSSR count). The molecule has 1 aliphatic rings. The highest BCUT2D eigenvalue weighted by atomic mass is 32.2. The molecule has 2 aromatic heterocycles. The van der Waals surface area contributed by atoms with Crippen molar-refractivity contribution in [1.82, 2.24) is 19.3 Å². The number of rotatable bonds is 10. The molecule has 3 heterocycles. The smallest absolute Gasteiger partial charge is 0.191 e. The lowest BCUT2D eigenvalue weighted by molar-refractivity contribution is 0.0957. The minimum absolute atomic E-state index is 0.113. The fourth-order valence-corrected chi connectivity index (χ4v) is 5.27. The van der Waals surface area contributed by atoms with Crippen LogP contribution < -0.4 is 4.74 Å².